The SMILES string of the molecule is C=CCOc1ccc(CN(C)[C@@H](C)C(=O)Nc2ccccc2F)cc1. The van der Waals surface area contributed by atoms with Gasteiger partial charge in [0.15, 0.2) is 0 Å². The lowest BCUT2D eigenvalue weighted by Gasteiger charge is -2.24. The van der Waals surface area contributed by atoms with Crippen LogP contribution < -0.4 is 10.1 Å². The molecule has 0 aromatic heterocycles. The van der Waals surface area contributed by atoms with Gasteiger partial charge >= 0.3 is 0 Å². The normalized spacial score (nSPS) is 11.8. The summed E-state index contributed by atoms with van der Waals surface area (Å²) in [5.41, 5.74) is 1.25. The van der Waals surface area contributed by atoms with E-state index in [1.54, 1.807) is 31.2 Å². The second-order valence-electron chi connectivity index (χ2n) is 5.80. The van der Waals surface area contributed by atoms with E-state index in [9.17, 15) is 9.18 Å². The zero-order valence-electron chi connectivity index (χ0n) is 14.5. The summed E-state index contributed by atoms with van der Waals surface area (Å²) < 4.78 is 19.1. The molecule has 0 bridgehead atoms. The highest BCUT2D eigenvalue weighted by Crippen LogP contribution is 2.16. The number of para-hydroxylation sites is 1. The van der Waals surface area contributed by atoms with E-state index in [0.29, 0.717) is 13.2 Å². The second-order valence-corrected chi connectivity index (χ2v) is 5.80. The molecule has 2 rings (SSSR count). The minimum absolute atomic E-state index is 0.191. The maximum absolute atomic E-state index is 13.6. The molecule has 1 amide bonds. The van der Waals surface area contributed by atoms with E-state index < -0.39 is 11.9 Å². The third-order valence-electron chi connectivity index (χ3n) is 3.90. The molecule has 2 aromatic rings. The Bertz CT molecular complexity index is 716. The van der Waals surface area contributed by atoms with Gasteiger partial charge in [0.25, 0.3) is 0 Å². The number of nitrogens with zero attached hydrogens (tertiary/aromatic N) is 1. The van der Waals surface area contributed by atoms with Crippen molar-refractivity contribution in [3.05, 3.63) is 72.6 Å². The van der Waals surface area contributed by atoms with Gasteiger partial charge in [-0.2, -0.15) is 0 Å². The topological polar surface area (TPSA) is 41.6 Å². The summed E-state index contributed by atoms with van der Waals surface area (Å²) in [6, 6.07) is 13.4. The number of nitrogens with one attached hydrogen (secondary N) is 1. The number of likely N-dealkylation sites (N-methyl/N-ethyl adjacent to an activating group) is 1. The Hall–Kier alpha value is -2.66. The molecule has 2 aromatic carbocycles. The van der Waals surface area contributed by atoms with Crippen LogP contribution >= 0.6 is 0 Å². The molecule has 1 N–H and O–H groups in total. The van der Waals surface area contributed by atoms with Crippen molar-refractivity contribution in [1.82, 2.24) is 4.90 Å². The third-order valence-corrected chi connectivity index (χ3v) is 3.90. The fraction of sp³-hybridized carbons (Fsp3) is 0.250. The van der Waals surface area contributed by atoms with Gasteiger partial charge < -0.3 is 10.1 Å². The lowest BCUT2D eigenvalue weighted by Crippen LogP contribution is -2.39. The van der Waals surface area contributed by atoms with Gasteiger partial charge in [-0.05, 0) is 43.8 Å². The first-order valence-electron chi connectivity index (χ1n) is 8.09. The summed E-state index contributed by atoms with van der Waals surface area (Å²) in [6.07, 6.45) is 1.69. The Morgan fingerprint density at radius 1 is 1.28 bits per heavy atom. The molecule has 132 valence electrons. The molecule has 0 aliphatic heterocycles. The fourth-order valence-corrected chi connectivity index (χ4v) is 2.27. The van der Waals surface area contributed by atoms with E-state index in [4.69, 9.17) is 4.74 Å². The fourth-order valence-electron chi connectivity index (χ4n) is 2.27. The van der Waals surface area contributed by atoms with Crippen molar-refractivity contribution in [3.63, 3.8) is 0 Å². The maximum Gasteiger partial charge on any atom is 0.241 e. The molecule has 0 unspecified atom stereocenters. The highest BCUT2D eigenvalue weighted by Gasteiger charge is 2.19. The van der Waals surface area contributed by atoms with Gasteiger partial charge in [-0.3, -0.25) is 9.69 Å². The average Bonchev–Trinajstić information content (AvgIpc) is 2.62. The largest absolute Gasteiger partial charge is 0.490 e. The number of carbonyl (C=O) groups is 1. The number of anilines is 1. The number of hydrogen-bond acceptors (Lipinski definition) is 3. The van der Waals surface area contributed by atoms with Gasteiger partial charge in [0.2, 0.25) is 5.91 Å². The molecule has 0 saturated heterocycles. The van der Waals surface area contributed by atoms with Crippen molar-refractivity contribution < 1.29 is 13.9 Å². The smallest absolute Gasteiger partial charge is 0.241 e. The van der Waals surface area contributed by atoms with Crippen LogP contribution in [0.5, 0.6) is 5.75 Å². The van der Waals surface area contributed by atoms with Crippen LogP contribution in [0.2, 0.25) is 0 Å². The van der Waals surface area contributed by atoms with Crippen molar-refractivity contribution in [3.8, 4) is 5.75 Å². The first-order chi connectivity index (χ1) is 12.0. The van der Waals surface area contributed by atoms with E-state index in [2.05, 4.69) is 11.9 Å². The third kappa shape index (κ3) is 5.43. The van der Waals surface area contributed by atoms with E-state index >= 15 is 0 Å². The molecule has 4 nitrogen and oxygen atoms in total. The van der Waals surface area contributed by atoms with Crippen molar-refractivity contribution in [2.24, 2.45) is 0 Å². The van der Waals surface area contributed by atoms with Crippen LogP contribution in [0.15, 0.2) is 61.2 Å². The molecule has 1 atom stereocenters. The Balaban J connectivity index is 1.92. The van der Waals surface area contributed by atoms with Crippen LogP contribution in [-0.4, -0.2) is 30.5 Å². The lowest BCUT2D eigenvalue weighted by molar-refractivity contribution is -0.120. The number of benzene rings is 2. The lowest BCUT2D eigenvalue weighted by atomic mass is 10.1. The summed E-state index contributed by atoms with van der Waals surface area (Å²) in [7, 11) is 1.85. The summed E-state index contributed by atoms with van der Waals surface area (Å²) in [5.74, 6) is 0.0796. The predicted molar refractivity (Wildman–Crippen MR) is 98.1 cm³/mol. The van der Waals surface area contributed by atoms with Crippen LogP contribution in [0.3, 0.4) is 0 Å². The first kappa shape index (κ1) is 18.7. The highest BCUT2D eigenvalue weighted by molar-refractivity contribution is 5.94. The molecule has 0 radical (unpaired) electrons. The molecule has 25 heavy (non-hydrogen) atoms. The zero-order chi connectivity index (χ0) is 18.2. The zero-order valence-corrected chi connectivity index (χ0v) is 14.5. The number of carbonyl (C=O) groups excluding carboxylic acids is 1. The van der Waals surface area contributed by atoms with Gasteiger partial charge in [-0.1, -0.05) is 36.9 Å². The quantitative estimate of drug-likeness (QED) is 0.741. The van der Waals surface area contributed by atoms with Gasteiger partial charge in [0, 0.05) is 6.54 Å². The Kier molecular flexibility index (Phi) is 6.71. The Morgan fingerprint density at radius 2 is 1.96 bits per heavy atom. The molecule has 0 fully saturated rings. The van der Waals surface area contributed by atoms with E-state index in [1.807, 2.05) is 36.2 Å². The molecule has 0 aliphatic rings. The van der Waals surface area contributed by atoms with E-state index in [-0.39, 0.29) is 11.6 Å². The summed E-state index contributed by atoms with van der Waals surface area (Å²) in [4.78, 5) is 14.2. The maximum atomic E-state index is 13.6. The molecule has 0 heterocycles. The summed E-state index contributed by atoms with van der Waals surface area (Å²) >= 11 is 0. The minimum atomic E-state index is -0.444. The van der Waals surface area contributed by atoms with Gasteiger partial charge in [-0.15, -0.1) is 0 Å². The number of hydrogen-bond donors (Lipinski definition) is 1. The predicted octanol–water partition coefficient (Wildman–Crippen LogP) is 3.85. The van der Waals surface area contributed by atoms with Gasteiger partial charge in [0.1, 0.15) is 18.2 Å². The van der Waals surface area contributed by atoms with Crippen molar-refractivity contribution in [2.75, 3.05) is 19.0 Å². The van der Waals surface area contributed by atoms with Crippen molar-refractivity contribution >= 4 is 11.6 Å². The van der Waals surface area contributed by atoms with Gasteiger partial charge in [0.05, 0.1) is 11.7 Å². The monoisotopic (exact) mass is 342 g/mol. The number of halogens is 1. The van der Waals surface area contributed by atoms with Crippen LogP contribution in [0.1, 0.15) is 12.5 Å². The average molecular weight is 342 g/mol. The van der Waals surface area contributed by atoms with Crippen LogP contribution in [0.25, 0.3) is 0 Å². The Labute approximate surface area is 147 Å². The molecule has 0 saturated carbocycles. The van der Waals surface area contributed by atoms with Crippen molar-refractivity contribution in [1.29, 1.82) is 0 Å². The molecule has 0 aliphatic carbocycles. The summed E-state index contributed by atoms with van der Waals surface area (Å²) in [6.45, 7) is 6.46. The Morgan fingerprint density at radius 3 is 2.60 bits per heavy atom. The number of ether oxygens (including phenoxy) is 1. The summed E-state index contributed by atoms with van der Waals surface area (Å²) in [5, 5.41) is 2.62. The van der Waals surface area contributed by atoms with Crippen molar-refractivity contribution in [2.45, 2.75) is 19.5 Å². The van der Waals surface area contributed by atoms with E-state index in [0.717, 1.165) is 11.3 Å². The second kappa shape index (κ2) is 8.99. The van der Waals surface area contributed by atoms with Crippen LogP contribution in [0, 0.1) is 5.82 Å². The van der Waals surface area contributed by atoms with Crippen LogP contribution in [-0.2, 0) is 11.3 Å². The standard InChI is InChI=1S/C20H23FN2O2/c1-4-13-25-17-11-9-16(10-12-17)14-23(3)15(2)20(24)22-19-8-6-5-7-18(19)21/h4-12,15H,1,13-14H2,2-3H3,(H,22,24)/t15-/m0/s1. The highest BCUT2D eigenvalue weighted by atomic mass is 19.1. The number of rotatable bonds is 8. The van der Waals surface area contributed by atoms with E-state index in [1.165, 1.54) is 6.07 Å². The first-order valence-corrected chi connectivity index (χ1v) is 8.09. The molecule has 0 spiro atoms. The molecular weight excluding hydrogens is 319 g/mol. The molecule has 5 heteroatoms. The van der Waals surface area contributed by atoms with Crippen LogP contribution in [0.4, 0.5) is 10.1 Å². The molecular formula is C20H23FN2O2. The minimum Gasteiger partial charge on any atom is -0.490 e. The number of amides is 1. The van der Waals surface area contributed by atoms with Gasteiger partial charge in [-0.25, -0.2) is 4.39 Å².